The fraction of sp³-hybridized carbons (Fsp3) is 0.320. The average Bonchev–Trinajstić information content (AvgIpc) is 2.82. The van der Waals surface area contributed by atoms with E-state index in [1.165, 1.54) is 0 Å². The van der Waals surface area contributed by atoms with Crippen LogP contribution in [-0.2, 0) is 0 Å². The van der Waals surface area contributed by atoms with E-state index >= 15 is 0 Å². The second-order valence-corrected chi connectivity index (χ2v) is 8.42. The van der Waals surface area contributed by atoms with Crippen molar-refractivity contribution in [1.29, 1.82) is 5.26 Å². The van der Waals surface area contributed by atoms with Gasteiger partial charge in [0.15, 0.2) is 6.29 Å². The molecule has 1 atom stereocenters. The van der Waals surface area contributed by atoms with Crippen LogP contribution >= 0.6 is 0 Å². The van der Waals surface area contributed by atoms with Crippen molar-refractivity contribution in [3.63, 3.8) is 0 Å². The molecule has 1 saturated heterocycles. The molecule has 0 spiro atoms. The molecule has 1 fully saturated rings. The van der Waals surface area contributed by atoms with Crippen molar-refractivity contribution in [2.45, 2.75) is 20.1 Å². The van der Waals surface area contributed by atoms with Gasteiger partial charge in [-0.05, 0) is 74.0 Å². The summed E-state index contributed by atoms with van der Waals surface area (Å²) in [6.45, 7) is 11.8. The lowest BCUT2D eigenvalue weighted by molar-refractivity contribution is 0.210. The van der Waals surface area contributed by atoms with Crippen LogP contribution in [0.2, 0.25) is 0 Å². The fourth-order valence-corrected chi connectivity index (χ4v) is 3.98. The first-order chi connectivity index (χ1) is 15.9. The number of likely N-dealkylation sites (N-methyl/N-ethyl adjacent to an activating group) is 1. The molecule has 0 aliphatic carbocycles. The van der Waals surface area contributed by atoms with E-state index < -0.39 is 0 Å². The molecular formula is C25H30N8. The van der Waals surface area contributed by atoms with Crippen LogP contribution in [0.25, 0.3) is 6.08 Å². The molecule has 0 saturated carbocycles. The average molecular weight is 443 g/mol. The van der Waals surface area contributed by atoms with Gasteiger partial charge >= 0.3 is 0 Å². The number of piperazine rings is 1. The van der Waals surface area contributed by atoms with Crippen LogP contribution in [0.15, 0.2) is 53.0 Å². The molecule has 0 bridgehead atoms. The van der Waals surface area contributed by atoms with Gasteiger partial charge in [-0.3, -0.25) is 0 Å². The van der Waals surface area contributed by atoms with Crippen LogP contribution < -0.4 is 16.0 Å². The number of hydrogen-bond acceptors (Lipinski definition) is 8. The molecule has 1 unspecified atom stereocenters. The van der Waals surface area contributed by atoms with Crippen molar-refractivity contribution in [1.82, 2.24) is 15.1 Å². The quantitative estimate of drug-likeness (QED) is 0.674. The second kappa shape index (κ2) is 9.76. The number of benzene rings is 2. The summed E-state index contributed by atoms with van der Waals surface area (Å²) in [7, 11) is 2.13. The van der Waals surface area contributed by atoms with Crippen molar-refractivity contribution in [3.8, 4) is 6.07 Å². The van der Waals surface area contributed by atoms with Gasteiger partial charge in [-0.1, -0.05) is 12.7 Å². The Labute approximate surface area is 195 Å². The Morgan fingerprint density at radius 3 is 2.39 bits per heavy atom. The molecule has 8 heteroatoms. The number of hydrogen-bond donors (Lipinski definition) is 3. The predicted octanol–water partition coefficient (Wildman–Crippen LogP) is 3.19. The molecular weight excluding hydrogens is 412 g/mol. The number of nitriles is 1. The predicted molar refractivity (Wildman–Crippen MR) is 135 cm³/mol. The van der Waals surface area contributed by atoms with E-state index in [1.807, 2.05) is 18.2 Å². The summed E-state index contributed by atoms with van der Waals surface area (Å²) >= 11 is 0. The van der Waals surface area contributed by atoms with Crippen LogP contribution in [0.3, 0.4) is 0 Å². The Balaban J connectivity index is 1.60. The maximum absolute atomic E-state index is 9.05. The van der Waals surface area contributed by atoms with E-state index in [-0.39, 0.29) is 6.29 Å². The molecule has 0 amide bonds. The molecule has 170 valence electrons. The lowest BCUT2D eigenvalue weighted by Gasteiger charge is -2.37. The van der Waals surface area contributed by atoms with E-state index in [0.717, 1.165) is 60.2 Å². The Bertz CT molecular complexity index is 1100. The molecule has 2 aromatic rings. The summed E-state index contributed by atoms with van der Waals surface area (Å²) in [5.74, 6) is 1.31. The third kappa shape index (κ3) is 5.33. The largest absolute Gasteiger partial charge is 0.346 e. The molecule has 2 aliphatic heterocycles. The van der Waals surface area contributed by atoms with Gasteiger partial charge in [-0.25, -0.2) is 4.99 Å². The zero-order valence-corrected chi connectivity index (χ0v) is 19.4. The van der Waals surface area contributed by atoms with Crippen molar-refractivity contribution in [2.75, 3.05) is 43.9 Å². The zero-order valence-electron chi connectivity index (χ0n) is 19.4. The van der Waals surface area contributed by atoms with Gasteiger partial charge in [-0.15, -0.1) is 0 Å². The molecule has 8 nitrogen and oxygen atoms in total. The first-order valence-electron chi connectivity index (χ1n) is 11.1. The van der Waals surface area contributed by atoms with E-state index in [9.17, 15) is 0 Å². The van der Waals surface area contributed by atoms with Gasteiger partial charge in [-0.2, -0.15) is 10.3 Å². The first kappa shape index (κ1) is 22.4. The fourth-order valence-electron chi connectivity index (χ4n) is 3.98. The number of guanidine groups is 2. The smallest absolute Gasteiger partial charge is 0.229 e. The number of aryl methyl sites for hydroxylation is 2. The molecule has 2 aliphatic rings. The summed E-state index contributed by atoms with van der Waals surface area (Å²) in [5.41, 5.74) is 5.84. The molecule has 3 N–H and O–H groups in total. The minimum atomic E-state index is -0.384. The highest BCUT2D eigenvalue weighted by atomic mass is 15.4. The van der Waals surface area contributed by atoms with Crippen molar-refractivity contribution in [3.05, 3.63) is 65.2 Å². The topological polar surface area (TPSA) is 91.1 Å². The van der Waals surface area contributed by atoms with Gasteiger partial charge in [0.2, 0.25) is 11.9 Å². The standard InChI is InChI=1S/C25H30N8/c1-5-19-14-17(2)22(18(3)15-19)28-24-29-23(27-21-8-6-20(16-26)7-9-21)30-25(31-24)33-12-10-32(4)11-13-33/h5-9,14-15,24,28H,1,10-13H2,2-4H3,(H2,27,29,30,31). The van der Waals surface area contributed by atoms with Gasteiger partial charge in [0, 0.05) is 37.6 Å². The minimum Gasteiger partial charge on any atom is -0.346 e. The van der Waals surface area contributed by atoms with Crippen LogP contribution in [0.1, 0.15) is 22.3 Å². The maximum atomic E-state index is 9.05. The minimum absolute atomic E-state index is 0.384. The number of aliphatic imine (C=N–C) groups is 2. The normalized spacial score (nSPS) is 18.5. The Hall–Kier alpha value is -3.83. The van der Waals surface area contributed by atoms with Gasteiger partial charge in [0.1, 0.15) is 0 Å². The number of nitrogens with one attached hydrogen (secondary N) is 3. The van der Waals surface area contributed by atoms with E-state index in [0.29, 0.717) is 11.5 Å². The highest BCUT2D eigenvalue weighted by molar-refractivity contribution is 6.03. The highest BCUT2D eigenvalue weighted by Gasteiger charge is 2.25. The van der Waals surface area contributed by atoms with E-state index in [1.54, 1.807) is 12.1 Å². The zero-order chi connectivity index (χ0) is 23.4. The third-order valence-electron chi connectivity index (χ3n) is 5.87. The molecule has 0 radical (unpaired) electrons. The molecule has 33 heavy (non-hydrogen) atoms. The van der Waals surface area contributed by atoms with Crippen LogP contribution in [-0.4, -0.2) is 61.2 Å². The Kier molecular flexibility index (Phi) is 6.61. The third-order valence-corrected chi connectivity index (χ3v) is 5.87. The monoisotopic (exact) mass is 442 g/mol. The van der Waals surface area contributed by atoms with Crippen molar-refractivity contribution in [2.24, 2.45) is 9.98 Å². The van der Waals surface area contributed by atoms with Crippen LogP contribution in [0.4, 0.5) is 11.4 Å². The summed E-state index contributed by atoms with van der Waals surface area (Å²) in [6, 6.07) is 13.6. The Morgan fingerprint density at radius 1 is 1.12 bits per heavy atom. The lowest BCUT2D eigenvalue weighted by Crippen LogP contribution is -2.56. The SMILES string of the molecule is C=Cc1cc(C)c(NC2N=C(Nc3ccc(C#N)cc3)N=C(N3CCN(C)CC3)N2)c(C)c1. The van der Waals surface area contributed by atoms with E-state index in [2.05, 4.69) is 71.4 Å². The van der Waals surface area contributed by atoms with Crippen molar-refractivity contribution < 1.29 is 0 Å². The summed E-state index contributed by atoms with van der Waals surface area (Å²) in [4.78, 5) is 14.1. The molecule has 2 heterocycles. The summed E-state index contributed by atoms with van der Waals surface area (Å²) < 4.78 is 0. The highest BCUT2D eigenvalue weighted by Crippen LogP contribution is 2.24. The molecule has 2 aromatic carbocycles. The Morgan fingerprint density at radius 2 is 1.79 bits per heavy atom. The van der Waals surface area contributed by atoms with Crippen LogP contribution in [0.5, 0.6) is 0 Å². The van der Waals surface area contributed by atoms with E-state index in [4.69, 9.17) is 15.2 Å². The second-order valence-electron chi connectivity index (χ2n) is 8.42. The number of anilines is 2. The number of rotatable bonds is 4. The van der Waals surface area contributed by atoms with Crippen LogP contribution in [0, 0.1) is 25.2 Å². The maximum Gasteiger partial charge on any atom is 0.229 e. The van der Waals surface area contributed by atoms with Gasteiger partial charge < -0.3 is 25.8 Å². The summed E-state index contributed by atoms with van der Waals surface area (Å²) in [5, 5.41) is 19.4. The summed E-state index contributed by atoms with van der Waals surface area (Å²) in [6.07, 6.45) is 1.48. The number of nitrogens with zero attached hydrogens (tertiary/aromatic N) is 5. The van der Waals surface area contributed by atoms with Crippen molar-refractivity contribution >= 4 is 29.4 Å². The molecule has 0 aromatic heterocycles. The van der Waals surface area contributed by atoms with Gasteiger partial charge in [0.05, 0.1) is 11.6 Å². The lowest BCUT2D eigenvalue weighted by atomic mass is 10.0. The first-order valence-corrected chi connectivity index (χ1v) is 11.1. The van der Waals surface area contributed by atoms with Gasteiger partial charge in [0.25, 0.3) is 0 Å². The molecule has 4 rings (SSSR count).